The highest BCUT2D eigenvalue weighted by Gasteiger charge is 2.14. The van der Waals surface area contributed by atoms with Crippen LogP contribution in [0.3, 0.4) is 0 Å². The molecule has 0 spiro atoms. The Morgan fingerprint density at radius 2 is 2.00 bits per heavy atom. The molecule has 0 bridgehead atoms. The highest BCUT2D eigenvalue weighted by molar-refractivity contribution is 5.59. The number of aryl methyl sites for hydroxylation is 1. The van der Waals surface area contributed by atoms with Gasteiger partial charge < -0.3 is 15.2 Å². The molecule has 0 atom stereocenters. The van der Waals surface area contributed by atoms with Crippen molar-refractivity contribution >= 4 is 5.69 Å². The maximum atomic E-state index is 9.86. The fourth-order valence-corrected chi connectivity index (χ4v) is 2.23. The smallest absolute Gasteiger partial charge is 0.123 e. The molecule has 0 unspecified atom stereocenters. The van der Waals surface area contributed by atoms with Crippen LogP contribution in [0.25, 0.3) is 0 Å². The summed E-state index contributed by atoms with van der Waals surface area (Å²) in [7, 11) is 0. The van der Waals surface area contributed by atoms with Crippen molar-refractivity contribution in [1.29, 1.82) is 0 Å². The SMILES string of the molecule is Cc1ccc(NCC2CCOCC2)c(C)c1O. The minimum absolute atomic E-state index is 0.405. The molecule has 3 nitrogen and oxygen atoms in total. The van der Waals surface area contributed by atoms with E-state index in [4.69, 9.17) is 4.74 Å². The molecule has 94 valence electrons. The van der Waals surface area contributed by atoms with Gasteiger partial charge in [-0.25, -0.2) is 0 Å². The summed E-state index contributed by atoms with van der Waals surface area (Å²) in [6.07, 6.45) is 2.26. The van der Waals surface area contributed by atoms with Crippen LogP contribution in [0.1, 0.15) is 24.0 Å². The van der Waals surface area contributed by atoms with Crippen molar-refractivity contribution in [3.05, 3.63) is 23.3 Å². The summed E-state index contributed by atoms with van der Waals surface area (Å²) in [5.41, 5.74) is 2.91. The lowest BCUT2D eigenvalue weighted by Crippen LogP contribution is -2.22. The number of benzene rings is 1. The number of nitrogens with one attached hydrogen (secondary N) is 1. The third kappa shape index (κ3) is 2.91. The molecule has 2 N–H and O–H groups in total. The molecule has 1 aromatic carbocycles. The summed E-state index contributed by atoms with van der Waals surface area (Å²) in [5, 5.41) is 13.3. The zero-order chi connectivity index (χ0) is 12.3. The van der Waals surface area contributed by atoms with E-state index < -0.39 is 0 Å². The van der Waals surface area contributed by atoms with E-state index in [1.807, 2.05) is 26.0 Å². The monoisotopic (exact) mass is 235 g/mol. The number of ether oxygens (including phenoxy) is 1. The molecular weight excluding hydrogens is 214 g/mol. The molecule has 1 aliphatic heterocycles. The molecule has 1 aliphatic rings. The molecule has 0 aliphatic carbocycles. The molecule has 1 aromatic rings. The molecular formula is C14H21NO2. The summed E-state index contributed by atoms with van der Waals surface area (Å²) in [4.78, 5) is 0. The van der Waals surface area contributed by atoms with Gasteiger partial charge in [0, 0.05) is 31.0 Å². The van der Waals surface area contributed by atoms with Crippen LogP contribution in [0, 0.1) is 19.8 Å². The Morgan fingerprint density at radius 3 is 2.71 bits per heavy atom. The molecule has 17 heavy (non-hydrogen) atoms. The first-order valence-electron chi connectivity index (χ1n) is 6.29. The Morgan fingerprint density at radius 1 is 1.29 bits per heavy atom. The van der Waals surface area contributed by atoms with E-state index in [-0.39, 0.29) is 0 Å². The molecule has 3 heteroatoms. The molecule has 1 fully saturated rings. The van der Waals surface area contributed by atoms with Crippen LogP contribution in [0.15, 0.2) is 12.1 Å². The van der Waals surface area contributed by atoms with Gasteiger partial charge in [0.05, 0.1) is 0 Å². The van der Waals surface area contributed by atoms with Crippen molar-refractivity contribution in [3.8, 4) is 5.75 Å². The molecule has 1 heterocycles. The number of anilines is 1. The van der Waals surface area contributed by atoms with Crippen LogP contribution < -0.4 is 5.32 Å². The van der Waals surface area contributed by atoms with Crippen LogP contribution in [0.5, 0.6) is 5.75 Å². The van der Waals surface area contributed by atoms with Crippen LogP contribution >= 0.6 is 0 Å². The zero-order valence-corrected chi connectivity index (χ0v) is 10.6. The first kappa shape index (κ1) is 12.2. The minimum atomic E-state index is 0.405. The quantitative estimate of drug-likeness (QED) is 0.846. The lowest BCUT2D eigenvalue weighted by Gasteiger charge is -2.23. The maximum absolute atomic E-state index is 9.86. The third-order valence-electron chi connectivity index (χ3n) is 3.55. The van der Waals surface area contributed by atoms with Crippen molar-refractivity contribution in [2.24, 2.45) is 5.92 Å². The standard InChI is InChI=1S/C14H21NO2/c1-10-3-4-13(11(2)14(10)16)15-9-12-5-7-17-8-6-12/h3-4,12,15-16H,5-9H2,1-2H3. The van der Waals surface area contributed by atoms with Crippen molar-refractivity contribution in [3.63, 3.8) is 0 Å². The highest BCUT2D eigenvalue weighted by Crippen LogP contribution is 2.28. The van der Waals surface area contributed by atoms with E-state index in [1.54, 1.807) is 0 Å². The van der Waals surface area contributed by atoms with Gasteiger partial charge >= 0.3 is 0 Å². The highest BCUT2D eigenvalue weighted by atomic mass is 16.5. The lowest BCUT2D eigenvalue weighted by molar-refractivity contribution is 0.0699. The van der Waals surface area contributed by atoms with Crippen molar-refractivity contribution in [1.82, 2.24) is 0 Å². The van der Waals surface area contributed by atoms with Crippen molar-refractivity contribution < 1.29 is 9.84 Å². The second-order valence-corrected chi connectivity index (χ2v) is 4.84. The van der Waals surface area contributed by atoms with Gasteiger partial charge in [-0.05, 0) is 44.2 Å². The van der Waals surface area contributed by atoms with Crippen molar-refractivity contribution in [2.45, 2.75) is 26.7 Å². The maximum Gasteiger partial charge on any atom is 0.123 e. The van der Waals surface area contributed by atoms with Gasteiger partial charge in [-0.15, -0.1) is 0 Å². The Hall–Kier alpha value is -1.22. The summed E-state index contributed by atoms with van der Waals surface area (Å²) >= 11 is 0. The molecule has 0 radical (unpaired) electrons. The predicted molar refractivity (Wildman–Crippen MR) is 69.6 cm³/mol. The van der Waals surface area contributed by atoms with Gasteiger partial charge in [-0.3, -0.25) is 0 Å². The number of hydrogen-bond acceptors (Lipinski definition) is 3. The average Bonchev–Trinajstić information content (AvgIpc) is 2.36. The number of rotatable bonds is 3. The van der Waals surface area contributed by atoms with Gasteiger partial charge in [-0.2, -0.15) is 0 Å². The molecule has 0 amide bonds. The van der Waals surface area contributed by atoms with E-state index in [2.05, 4.69) is 5.32 Å². The van der Waals surface area contributed by atoms with E-state index in [0.29, 0.717) is 11.7 Å². The van der Waals surface area contributed by atoms with Gasteiger partial charge in [0.25, 0.3) is 0 Å². The predicted octanol–water partition coefficient (Wildman–Crippen LogP) is 2.85. The number of hydrogen-bond donors (Lipinski definition) is 2. The fraction of sp³-hybridized carbons (Fsp3) is 0.571. The van der Waals surface area contributed by atoms with Gasteiger partial charge in [0.2, 0.25) is 0 Å². The topological polar surface area (TPSA) is 41.5 Å². The molecule has 2 rings (SSSR count). The summed E-state index contributed by atoms with van der Waals surface area (Å²) in [5.74, 6) is 1.09. The second-order valence-electron chi connectivity index (χ2n) is 4.84. The summed E-state index contributed by atoms with van der Waals surface area (Å²) in [6.45, 7) is 6.60. The van der Waals surface area contributed by atoms with E-state index >= 15 is 0 Å². The number of phenols is 1. The van der Waals surface area contributed by atoms with Crippen LogP contribution in [-0.2, 0) is 4.74 Å². The third-order valence-corrected chi connectivity index (χ3v) is 3.55. The summed E-state index contributed by atoms with van der Waals surface area (Å²) in [6, 6.07) is 4.00. The fourth-order valence-electron chi connectivity index (χ4n) is 2.23. The largest absolute Gasteiger partial charge is 0.507 e. The first-order chi connectivity index (χ1) is 8.18. The Kier molecular flexibility index (Phi) is 3.89. The lowest BCUT2D eigenvalue weighted by atomic mass is 10.00. The van der Waals surface area contributed by atoms with Gasteiger partial charge in [-0.1, -0.05) is 6.07 Å². The van der Waals surface area contributed by atoms with Gasteiger partial charge in [0.15, 0.2) is 0 Å². The van der Waals surface area contributed by atoms with Crippen LogP contribution in [-0.4, -0.2) is 24.9 Å². The molecule has 1 saturated heterocycles. The van der Waals surface area contributed by atoms with E-state index in [1.165, 1.54) is 0 Å². The van der Waals surface area contributed by atoms with Crippen molar-refractivity contribution in [2.75, 3.05) is 25.1 Å². The molecule has 0 aromatic heterocycles. The minimum Gasteiger partial charge on any atom is -0.507 e. The Bertz CT molecular complexity index is 384. The average molecular weight is 235 g/mol. The normalized spacial score (nSPS) is 17.1. The molecule has 0 saturated carbocycles. The second kappa shape index (κ2) is 5.41. The Balaban J connectivity index is 1.96. The van der Waals surface area contributed by atoms with Crippen LogP contribution in [0.4, 0.5) is 5.69 Å². The zero-order valence-electron chi connectivity index (χ0n) is 10.6. The summed E-state index contributed by atoms with van der Waals surface area (Å²) < 4.78 is 5.34. The first-order valence-corrected chi connectivity index (χ1v) is 6.29. The van der Waals surface area contributed by atoms with Crippen LogP contribution in [0.2, 0.25) is 0 Å². The van der Waals surface area contributed by atoms with E-state index in [0.717, 1.165) is 49.4 Å². The van der Waals surface area contributed by atoms with Gasteiger partial charge in [0.1, 0.15) is 5.75 Å². The van der Waals surface area contributed by atoms with E-state index in [9.17, 15) is 5.11 Å². The number of aromatic hydroxyl groups is 1. The number of phenolic OH excluding ortho intramolecular Hbond substituents is 1. The Labute approximate surface area is 103 Å².